The molecule has 8 heteroatoms. The number of aromatic nitrogens is 1. The van der Waals surface area contributed by atoms with Crippen LogP contribution in [0, 0.1) is 10.1 Å². The van der Waals surface area contributed by atoms with E-state index in [1.807, 2.05) is 4.90 Å². The minimum Gasteiger partial charge on any atom is -0.384 e. The zero-order chi connectivity index (χ0) is 15.4. The van der Waals surface area contributed by atoms with E-state index in [9.17, 15) is 10.1 Å². The fraction of sp³-hybridized carbons (Fsp3) is 0.615. The molecule has 8 nitrogen and oxygen atoms in total. The summed E-state index contributed by atoms with van der Waals surface area (Å²) in [4.78, 5) is 21.3. The van der Waals surface area contributed by atoms with Gasteiger partial charge < -0.3 is 15.5 Å². The normalized spacial score (nSPS) is 16.4. The largest absolute Gasteiger partial charge is 0.384 e. The van der Waals surface area contributed by atoms with Gasteiger partial charge in [0.1, 0.15) is 5.82 Å². The second-order valence-electron chi connectivity index (χ2n) is 5.47. The summed E-state index contributed by atoms with van der Waals surface area (Å²) in [5.74, 6) is 0.692. The van der Waals surface area contributed by atoms with Gasteiger partial charge in [-0.1, -0.05) is 0 Å². The monoisotopic (exact) mass is 294 g/mol. The average molecular weight is 294 g/mol. The van der Waals surface area contributed by atoms with Crippen LogP contribution in [0.2, 0.25) is 0 Å². The van der Waals surface area contributed by atoms with Crippen LogP contribution in [0.1, 0.15) is 0 Å². The topological polar surface area (TPSA) is 91.8 Å². The Labute approximate surface area is 124 Å². The average Bonchev–Trinajstić information content (AvgIpc) is 2.45. The van der Waals surface area contributed by atoms with Gasteiger partial charge in [0.15, 0.2) is 0 Å². The Morgan fingerprint density at radius 3 is 2.57 bits per heavy atom. The number of anilines is 2. The molecule has 1 fully saturated rings. The molecule has 1 aliphatic heterocycles. The van der Waals surface area contributed by atoms with E-state index in [2.05, 4.69) is 28.9 Å². The molecule has 0 unspecified atom stereocenters. The third-order valence-corrected chi connectivity index (χ3v) is 3.61. The zero-order valence-corrected chi connectivity index (χ0v) is 12.5. The predicted octanol–water partition coefficient (Wildman–Crippen LogP) is 0.256. The molecular formula is C13H22N6O2. The maximum absolute atomic E-state index is 11.1. The van der Waals surface area contributed by atoms with E-state index < -0.39 is 4.92 Å². The van der Waals surface area contributed by atoms with Gasteiger partial charge in [-0.3, -0.25) is 15.0 Å². The first-order chi connectivity index (χ1) is 9.97. The van der Waals surface area contributed by atoms with Gasteiger partial charge >= 0.3 is 5.69 Å². The van der Waals surface area contributed by atoms with Gasteiger partial charge in [0.2, 0.25) is 5.82 Å². The number of pyridine rings is 1. The summed E-state index contributed by atoms with van der Waals surface area (Å²) in [7, 11) is 4.10. The van der Waals surface area contributed by atoms with E-state index in [0.29, 0.717) is 11.6 Å². The lowest BCUT2D eigenvalue weighted by Crippen LogP contribution is -2.48. The Hall–Kier alpha value is -1.93. The number of nitro groups is 1. The molecule has 1 aromatic heterocycles. The molecule has 0 radical (unpaired) electrons. The number of piperazine rings is 1. The van der Waals surface area contributed by atoms with Crippen LogP contribution >= 0.6 is 0 Å². The summed E-state index contributed by atoms with van der Waals surface area (Å²) in [5, 5.41) is 11.1. The van der Waals surface area contributed by atoms with Gasteiger partial charge in [-0.15, -0.1) is 0 Å². The Balaban J connectivity index is 2.02. The molecule has 0 amide bonds. The van der Waals surface area contributed by atoms with Crippen LogP contribution in [0.3, 0.4) is 0 Å². The third kappa shape index (κ3) is 4.02. The minimum atomic E-state index is -0.403. The van der Waals surface area contributed by atoms with Gasteiger partial charge in [0.05, 0.1) is 4.92 Å². The minimum absolute atomic E-state index is 0.0194. The quantitative estimate of drug-likeness (QED) is 0.615. The van der Waals surface area contributed by atoms with Crippen molar-refractivity contribution in [1.29, 1.82) is 0 Å². The summed E-state index contributed by atoms with van der Waals surface area (Å²) in [6.07, 6.45) is 0. The number of likely N-dealkylation sites (N-methyl/N-ethyl adjacent to an activating group) is 1. The lowest BCUT2D eigenvalue weighted by atomic mass is 10.2. The van der Waals surface area contributed by atoms with E-state index in [-0.39, 0.29) is 5.69 Å². The molecular weight excluding hydrogens is 272 g/mol. The first-order valence-corrected chi connectivity index (χ1v) is 7.00. The second-order valence-corrected chi connectivity index (χ2v) is 5.47. The molecule has 2 rings (SSSR count). The highest BCUT2D eigenvalue weighted by Crippen LogP contribution is 2.27. The molecule has 0 atom stereocenters. The van der Waals surface area contributed by atoms with E-state index in [1.54, 1.807) is 0 Å². The number of rotatable bonds is 5. The van der Waals surface area contributed by atoms with Gasteiger partial charge in [-0.2, -0.15) is 0 Å². The fourth-order valence-corrected chi connectivity index (χ4v) is 2.36. The van der Waals surface area contributed by atoms with E-state index in [0.717, 1.165) is 39.3 Å². The predicted molar refractivity (Wildman–Crippen MR) is 82.5 cm³/mol. The third-order valence-electron chi connectivity index (χ3n) is 3.61. The van der Waals surface area contributed by atoms with Crippen LogP contribution in [0.25, 0.3) is 0 Å². The van der Waals surface area contributed by atoms with Crippen molar-refractivity contribution in [2.75, 3.05) is 64.0 Å². The molecule has 2 heterocycles. The van der Waals surface area contributed by atoms with Crippen LogP contribution in [-0.2, 0) is 0 Å². The van der Waals surface area contributed by atoms with Crippen molar-refractivity contribution >= 4 is 17.3 Å². The van der Waals surface area contributed by atoms with Crippen LogP contribution in [-0.4, -0.2) is 73.1 Å². The van der Waals surface area contributed by atoms with Crippen molar-refractivity contribution in [3.63, 3.8) is 0 Å². The lowest BCUT2D eigenvalue weighted by molar-refractivity contribution is -0.384. The Morgan fingerprint density at radius 1 is 1.33 bits per heavy atom. The number of nitrogens with zero attached hydrogens (tertiary/aromatic N) is 5. The van der Waals surface area contributed by atoms with Gasteiger partial charge in [-0.05, 0) is 20.2 Å². The lowest BCUT2D eigenvalue weighted by Gasteiger charge is -2.35. The van der Waals surface area contributed by atoms with Crippen LogP contribution in [0.5, 0.6) is 0 Å². The standard InChI is InChI=1S/C13H22N6O2/c1-16(2)5-6-17-7-9-18(10-8-17)13-11(19(20)21)3-4-12(14)15-13/h3-4H,5-10H2,1-2H3,(H2,14,15). The number of nitrogens with two attached hydrogens (primary N) is 1. The first-order valence-electron chi connectivity index (χ1n) is 7.00. The highest BCUT2D eigenvalue weighted by Gasteiger charge is 2.25. The maximum atomic E-state index is 11.1. The summed E-state index contributed by atoms with van der Waals surface area (Å²) in [5.41, 5.74) is 5.69. The van der Waals surface area contributed by atoms with Gasteiger partial charge in [0, 0.05) is 45.3 Å². The van der Waals surface area contributed by atoms with Crippen molar-refractivity contribution in [1.82, 2.24) is 14.8 Å². The van der Waals surface area contributed by atoms with E-state index in [4.69, 9.17) is 5.73 Å². The molecule has 0 spiro atoms. The van der Waals surface area contributed by atoms with Gasteiger partial charge in [-0.25, -0.2) is 4.98 Å². The smallest absolute Gasteiger partial charge is 0.311 e. The Bertz CT molecular complexity index is 499. The molecule has 0 aliphatic carbocycles. The summed E-state index contributed by atoms with van der Waals surface area (Å²) in [6, 6.07) is 2.89. The van der Waals surface area contributed by atoms with Crippen LogP contribution < -0.4 is 10.6 Å². The van der Waals surface area contributed by atoms with Crippen molar-refractivity contribution < 1.29 is 4.92 Å². The fourth-order valence-electron chi connectivity index (χ4n) is 2.36. The van der Waals surface area contributed by atoms with Gasteiger partial charge in [0.25, 0.3) is 0 Å². The highest BCUT2D eigenvalue weighted by molar-refractivity contribution is 5.61. The molecule has 1 saturated heterocycles. The SMILES string of the molecule is CN(C)CCN1CCN(c2nc(N)ccc2[N+](=O)[O-])CC1. The molecule has 21 heavy (non-hydrogen) atoms. The van der Waals surface area contributed by atoms with E-state index in [1.165, 1.54) is 12.1 Å². The molecule has 1 aromatic rings. The zero-order valence-electron chi connectivity index (χ0n) is 12.5. The van der Waals surface area contributed by atoms with Crippen molar-refractivity contribution in [2.45, 2.75) is 0 Å². The van der Waals surface area contributed by atoms with Crippen molar-refractivity contribution in [3.05, 3.63) is 22.2 Å². The Kier molecular flexibility index (Phi) is 4.92. The molecule has 0 saturated carbocycles. The van der Waals surface area contributed by atoms with Crippen LogP contribution in [0.4, 0.5) is 17.3 Å². The summed E-state index contributed by atoms with van der Waals surface area (Å²) < 4.78 is 0. The van der Waals surface area contributed by atoms with Crippen molar-refractivity contribution in [3.8, 4) is 0 Å². The maximum Gasteiger partial charge on any atom is 0.311 e. The van der Waals surface area contributed by atoms with Crippen LogP contribution in [0.15, 0.2) is 12.1 Å². The molecule has 0 bridgehead atoms. The molecule has 2 N–H and O–H groups in total. The van der Waals surface area contributed by atoms with E-state index >= 15 is 0 Å². The molecule has 0 aromatic carbocycles. The number of hydrogen-bond donors (Lipinski definition) is 1. The second kappa shape index (κ2) is 6.68. The first kappa shape index (κ1) is 15.5. The molecule has 116 valence electrons. The summed E-state index contributed by atoms with van der Waals surface area (Å²) >= 11 is 0. The Morgan fingerprint density at radius 2 is 2.00 bits per heavy atom. The summed E-state index contributed by atoms with van der Waals surface area (Å²) in [6.45, 7) is 5.22. The van der Waals surface area contributed by atoms with Crippen molar-refractivity contribution in [2.24, 2.45) is 0 Å². The number of hydrogen-bond acceptors (Lipinski definition) is 7. The number of nitrogen functional groups attached to an aromatic ring is 1. The molecule has 1 aliphatic rings. The highest BCUT2D eigenvalue weighted by atomic mass is 16.6.